The van der Waals surface area contributed by atoms with E-state index in [9.17, 15) is 27.2 Å². The highest BCUT2D eigenvalue weighted by atomic mass is 19.4. The fraction of sp³-hybridized carbons (Fsp3) is 0.607. The highest BCUT2D eigenvalue weighted by molar-refractivity contribution is 5.77. The highest BCUT2D eigenvalue weighted by Gasteiger charge is 2.43. The van der Waals surface area contributed by atoms with Gasteiger partial charge < -0.3 is 19.5 Å². The predicted molar refractivity (Wildman–Crippen MR) is 138 cm³/mol. The standard InChI is InChI=1S/C28H35F4N5O3/c1-17-33-24-8-10-35(27(39)40-2)16-25(24)37(17)22-13-20-6-7-21(14-22)36(20)11-9-23(18-4-3-5-19(29)12-18)34-26(38)15-28(30,31)32/h3-5,12,20-23H,6-11,13-16H2,1-2H3,(H,34,38)/t20-,21+,22?,23-/m0/s1. The molecule has 218 valence electrons. The quantitative estimate of drug-likeness (QED) is 0.487. The van der Waals surface area contributed by atoms with Crippen LogP contribution in [0.25, 0.3) is 0 Å². The minimum Gasteiger partial charge on any atom is -0.453 e. The Balaban J connectivity index is 1.28. The molecule has 2 bridgehead atoms. The van der Waals surface area contributed by atoms with Crippen LogP contribution < -0.4 is 5.32 Å². The molecule has 12 heteroatoms. The Hall–Kier alpha value is -3.15. The van der Waals surface area contributed by atoms with Crippen LogP contribution >= 0.6 is 0 Å². The third-order valence-electron chi connectivity index (χ3n) is 8.51. The van der Waals surface area contributed by atoms with E-state index >= 15 is 0 Å². The number of alkyl halides is 3. The lowest BCUT2D eigenvalue weighted by Crippen LogP contribution is -2.45. The summed E-state index contributed by atoms with van der Waals surface area (Å²) in [6.07, 6.45) is -1.67. The maximum Gasteiger partial charge on any atom is 0.409 e. The van der Waals surface area contributed by atoms with Crippen LogP contribution in [0.2, 0.25) is 0 Å². The number of piperidine rings is 1. The van der Waals surface area contributed by atoms with Crippen molar-refractivity contribution >= 4 is 12.0 Å². The van der Waals surface area contributed by atoms with Crippen LogP contribution in [0.3, 0.4) is 0 Å². The molecule has 2 amide bonds. The van der Waals surface area contributed by atoms with Crippen LogP contribution in [-0.4, -0.2) is 69.8 Å². The first-order valence-corrected chi connectivity index (χ1v) is 13.8. The number of rotatable bonds is 7. The number of hydrogen-bond acceptors (Lipinski definition) is 5. The minimum absolute atomic E-state index is 0.230. The van der Waals surface area contributed by atoms with Crippen LogP contribution in [0, 0.1) is 12.7 Å². The van der Waals surface area contributed by atoms with E-state index in [0.29, 0.717) is 38.0 Å². The lowest BCUT2D eigenvalue weighted by molar-refractivity contribution is -0.154. The van der Waals surface area contributed by atoms with Crippen molar-refractivity contribution in [2.75, 3.05) is 20.2 Å². The summed E-state index contributed by atoms with van der Waals surface area (Å²) in [5.41, 5.74) is 2.54. The number of aryl methyl sites for hydroxylation is 1. The third kappa shape index (κ3) is 6.11. The van der Waals surface area contributed by atoms with E-state index in [1.807, 2.05) is 6.92 Å². The first kappa shape index (κ1) is 28.4. The molecule has 1 aromatic carbocycles. The van der Waals surface area contributed by atoms with Crippen molar-refractivity contribution in [2.24, 2.45) is 0 Å². The summed E-state index contributed by atoms with van der Waals surface area (Å²) in [5.74, 6) is -0.684. The van der Waals surface area contributed by atoms with Gasteiger partial charge >= 0.3 is 12.3 Å². The van der Waals surface area contributed by atoms with E-state index in [1.54, 1.807) is 11.0 Å². The molecule has 1 aromatic heterocycles. The summed E-state index contributed by atoms with van der Waals surface area (Å²) in [6.45, 7) is 3.62. The normalized spacial score (nSPS) is 23.6. The largest absolute Gasteiger partial charge is 0.453 e. The zero-order valence-corrected chi connectivity index (χ0v) is 22.7. The van der Waals surface area contributed by atoms with Crippen LogP contribution in [0.15, 0.2) is 24.3 Å². The number of benzene rings is 1. The van der Waals surface area contributed by atoms with E-state index in [-0.39, 0.29) is 24.2 Å². The van der Waals surface area contributed by atoms with Gasteiger partial charge in [0, 0.05) is 37.6 Å². The first-order chi connectivity index (χ1) is 19.0. The van der Waals surface area contributed by atoms with Crippen LogP contribution in [0.5, 0.6) is 0 Å². The Morgan fingerprint density at radius 1 is 1.18 bits per heavy atom. The first-order valence-electron chi connectivity index (χ1n) is 13.8. The molecule has 0 radical (unpaired) electrons. The molecule has 1 unspecified atom stereocenters. The van der Waals surface area contributed by atoms with Crippen LogP contribution in [-0.2, 0) is 22.5 Å². The maximum absolute atomic E-state index is 13.9. The van der Waals surface area contributed by atoms with Crippen LogP contribution in [0.4, 0.5) is 22.4 Å². The topological polar surface area (TPSA) is 79.7 Å². The molecule has 4 atom stereocenters. The second-order valence-electron chi connectivity index (χ2n) is 11.1. The number of imidazole rings is 1. The van der Waals surface area contributed by atoms with Gasteiger partial charge in [-0.05, 0) is 56.7 Å². The molecule has 0 aliphatic carbocycles. The average molecular weight is 566 g/mol. The van der Waals surface area contributed by atoms with Gasteiger partial charge in [0.15, 0.2) is 0 Å². The van der Waals surface area contributed by atoms with E-state index in [2.05, 4.69) is 14.8 Å². The van der Waals surface area contributed by atoms with Gasteiger partial charge in [0.05, 0.1) is 31.1 Å². The number of fused-ring (bicyclic) bond motifs is 3. The van der Waals surface area contributed by atoms with Gasteiger partial charge in [0.1, 0.15) is 18.1 Å². The summed E-state index contributed by atoms with van der Waals surface area (Å²) in [6, 6.07) is 5.72. The Labute approximate surface area is 230 Å². The number of carbonyl (C=O) groups is 2. The maximum atomic E-state index is 13.9. The van der Waals surface area contributed by atoms with E-state index < -0.39 is 30.4 Å². The Morgan fingerprint density at radius 2 is 1.90 bits per heavy atom. The predicted octanol–water partition coefficient (Wildman–Crippen LogP) is 4.82. The number of methoxy groups -OCH3 is 1. The SMILES string of the molecule is COC(=O)N1CCc2nc(C)n(C3C[C@H]4CC[C@@H](C3)N4CC[C@H](NC(=O)CC(F)(F)F)c3cccc(F)c3)c2C1. The van der Waals surface area contributed by atoms with E-state index in [4.69, 9.17) is 9.72 Å². The van der Waals surface area contributed by atoms with Gasteiger partial charge in [-0.15, -0.1) is 0 Å². The van der Waals surface area contributed by atoms with Crippen molar-refractivity contribution in [3.63, 3.8) is 0 Å². The number of carbonyl (C=O) groups excluding carboxylic acids is 2. The van der Waals surface area contributed by atoms with E-state index in [1.165, 1.54) is 25.3 Å². The summed E-state index contributed by atoms with van der Waals surface area (Å²) in [4.78, 5) is 33.2. The van der Waals surface area contributed by atoms with Crippen molar-refractivity contribution in [2.45, 2.75) is 88.8 Å². The molecule has 0 saturated carbocycles. The van der Waals surface area contributed by atoms with Crippen LogP contribution in [0.1, 0.15) is 73.4 Å². The number of amides is 2. The van der Waals surface area contributed by atoms with E-state index in [0.717, 1.165) is 42.9 Å². The molecular weight excluding hydrogens is 530 g/mol. The van der Waals surface area contributed by atoms with Crippen molar-refractivity contribution in [1.82, 2.24) is 24.7 Å². The summed E-state index contributed by atoms with van der Waals surface area (Å²) >= 11 is 0. The molecule has 4 heterocycles. The molecule has 40 heavy (non-hydrogen) atoms. The van der Waals surface area contributed by atoms with Gasteiger partial charge in [-0.3, -0.25) is 9.69 Å². The molecule has 2 saturated heterocycles. The third-order valence-corrected chi connectivity index (χ3v) is 8.51. The molecule has 2 aromatic rings. The molecule has 3 aliphatic rings. The Morgan fingerprint density at radius 3 is 2.55 bits per heavy atom. The molecular formula is C28H35F4N5O3. The molecule has 5 rings (SSSR count). The second-order valence-corrected chi connectivity index (χ2v) is 11.1. The van der Waals surface area contributed by atoms with Gasteiger partial charge in [-0.2, -0.15) is 13.2 Å². The number of nitrogens with zero attached hydrogens (tertiary/aromatic N) is 4. The van der Waals surface area contributed by atoms with Gasteiger partial charge in [0.2, 0.25) is 5.91 Å². The monoisotopic (exact) mass is 565 g/mol. The Kier molecular flexibility index (Phi) is 8.08. The minimum atomic E-state index is -4.61. The highest BCUT2D eigenvalue weighted by Crippen LogP contribution is 2.43. The van der Waals surface area contributed by atoms with Gasteiger partial charge in [0.25, 0.3) is 0 Å². The molecule has 3 aliphatic heterocycles. The lowest BCUT2D eigenvalue weighted by Gasteiger charge is -2.41. The average Bonchev–Trinajstić information content (AvgIpc) is 3.34. The lowest BCUT2D eigenvalue weighted by atomic mass is 9.95. The molecule has 0 spiro atoms. The smallest absolute Gasteiger partial charge is 0.409 e. The molecule has 2 fully saturated rings. The summed E-state index contributed by atoms with van der Waals surface area (Å²) in [7, 11) is 1.38. The number of nitrogens with one attached hydrogen (secondary N) is 1. The van der Waals surface area contributed by atoms with Crippen molar-refractivity contribution < 1.29 is 31.9 Å². The summed E-state index contributed by atoms with van der Waals surface area (Å²) in [5, 5.41) is 2.49. The van der Waals surface area contributed by atoms with Gasteiger partial charge in [-0.1, -0.05) is 12.1 Å². The van der Waals surface area contributed by atoms with Crippen molar-refractivity contribution in [1.29, 1.82) is 0 Å². The number of aromatic nitrogens is 2. The Bertz CT molecular complexity index is 1240. The fourth-order valence-electron chi connectivity index (χ4n) is 6.86. The number of ether oxygens (including phenoxy) is 1. The molecule has 1 N–H and O–H groups in total. The second kappa shape index (κ2) is 11.4. The zero-order chi connectivity index (χ0) is 28.6. The summed E-state index contributed by atoms with van der Waals surface area (Å²) < 4.78 is 59.6. The number of hydrogen-bond donors (Lipinski definition) is 1. The van der Waals surface area contributed by atoms with Crippen molar-refractivity contribution in [3.8, 4) is 0 Å². The number of halogens is 4. The zero-order valence-electron chi connectivity index (χ0n) is 22.7. The van der Waals surface area contributed by atoms with Crippen molar-refractivity contribution in [3.05, 3.63) is 52.9 Å². The fourth-order valence-corrected chi connectivity index (χ4v) is 6.86. The van der Waals surface area contributed by atoms with Gasteiger partial charge in [-0.25, -0.2) is 14.2 Å². The molecule has 8 nitrogen and oxygen atoms in total.